The van der Waals surface area contributed by atoms with Gasteiger partial charge in [-0.1, -0.05) is 17.7 Å². The van der Waals surface area contributed by atoms with Crippen LogP contribution in [0.5, 0.6) is 0 Å². The lowest BCUT2D eigenvalue weighted by Crippen LogP contribution is -1.99. The third-order valence-electron chi connectivity index (χ3n) is 2.71. The largest absolute Gasteiger partial charge is 0.221 e. The molecule has 0 fully saturated rings. The van der Waals surface area contributed by atoms with Crippen molar-refractivity contribution in [3.63, 3.8) is 0 Å². The summed E-state index contributed by atoms with van der Waals surface area (Å²) in [5.74, 6) is 0.579. The van der Waals surface area contributed by atoms with E-state index in [2.05, 4.69) is 21.1 Å². The molecule has 0 amide bonds. The molecule has 0 N–H and O–H groups in total. The van der Waals surface area contributed by atoms with Crippen molar-refractivity contribution in [1.82, 2.24) is 19.7 Å². The quantitative estimate of drug-likeness (QED) is 0.637. The third kappa shape index (κ3) is 1.92. The Kier molecular flexibility index (Phi) is 2.65. The summed E-state index contributed by atoms with van der Waals surface area (Å²) in [5, 5.41) is 14.3. The standard InChI is InChI=1S/C13H8ClN5/c1-8-17-12(14)11-7-16-19(13(11)18-8)10-4-2-3-9(5-10)6-15/h2-5,7H,1H3. The minimum absolute atomic E-state index is 0.380. The van der Waals surface area contributed by atoms with E-state index >= 15 is 0 Å². The minimum Gasteiger partial charge on any atom is -0.221 e. The predicted molar refractivity (Wildman–Crippen MR) is 71.1 cm³/mol. The van der Waals surface area contributed by atoms with E-state index in [4.69, 9.17) is 16.9 Å². The molecule has 6 heteroatoms. The average Bonchev–Trinajstić information content (AvgIpc) is 2.82. The fourth-order valence-corrected chi connectivity index (χ4v) is 2.13. The molecule has 5 nitrogen and oxygen atoms in total. The van der Waals surface area contributed by atoms with E-state index in [1.807, 2.05) is 6.07 Å². The summed E-state index contributed by atoms with van der Waals surface area (Å²) in [7, 11) is 0. The zero-order chi connectivity index (χ0) is 13.4. The third-order valence-corrected chi connectivity index (χ3v) is 3.00. The summed E-state index contributed by atoms with van der Waals surface area (Å²) in [6.45, 7) is 1.77. The molecule has 0 aliphatic rings. The second kappa shape index (κ2) is 4.34. The van der Waals surface area contributed by atoms with Crippen molar-refractivity contribution in [2.24, 2.45) is 0 Å². The maximum atomic E-state index is 8.93. The molecular formula is C13H8ClN5. The SMILES string of the molecule is Cc1nc(Cl)c2cnn(-c3cccc(C#N)c3)c2n1. The summed E-state index contributed by atoms with van der Waals surface area (Å²) >= 11 is 6.06. The Labute approximate surface area is 114 Å². The van der Waals surface area contributed by atoms with Crippen LogP contribution in [0.15, 0.2) is 30.5 Å². The average molecular weight is 270 g/mol. The van der Waals surface area contributed by atoms with Crippen LogP contribution in [0, 0.1) is 18.3 Å². The van der Waals surface area contributed by atoms with Gasteiger partial charge in [0.05, 0.1) is 28.9 Å². The molecular weight excluding hydrogens is 262 g/mol. The van der Waals surface area contributed by atoms with Crippen molar-refractivity contribution in [2.45, 2.75) is 6.92 Å². The van der Waals surface area contributed by atoms with Gasteiger partial charge in [-0.2, -0.15) is 10.4 Å². The van der Waals surface area contributed by atoms with Crippen molar-refractivity contribution in [2.75, 3.05) is 0 Å². The lowest BCUT2D eigenvalue weighted by molar-refractivity contribution is 0.889. The number of rotatable bonds is 1. The number of aryl methyl sites for hydroxylation is 1. The van der Waals surface area contributed by atoms with E-state index in [1.165, 1.54) is 0 Å². The molecule has 92 valence electrons. The number of halogens is 1. The molecule has 3 rings (SSSR count). The van der Waals surface area contributed by atoms with Crippen LogP contribution >= 0.6 is 11.6 Å². The highest BCUT2D eigenvalue weighted by molar-refractivity contribution is 6.33. The molecule has 0 saturated carbocycles. The van der Waals surface area contributed by atoms with Gasteiger partial charge in [0.1, 0.15) is 11.0 Å². The highest BCUT2D eigenvalue weighted by atomic mass is 35.5. The van der Waals surface area contributed by atoms with Gasteiger partial charge in [-0.3, -0.25) is 0 Å². The molecule has 2 aromatic heterocycles. The van der Waals surface area contributed by atoms with Gasteiger partial charge < -0.3 is 0 Å². The van der Waals surface area contributed by atoms with E-state index in [1.54, 1.807) is 36.0 Å². The Morgan fingerprint density at radius 3 is 2.95 bits per heavy atom. The van der Waals surface area contributed by atoms with Gasteiger partial charge >= 0.3 is 0 Å². The van der Waals surface area contributed by atoms with Gasteiger partial charge in [0.15, 0.2) is 5.65 Å². The summed E-state index contributed by atoms with van der Waals surface area (Å²) in [5.41, 5.74) is 1.97. The molecule has 0 unspecified atom stereocenters. The Bertz CT molecular complexity index is 816. The lowest BCUT2D eigenvalue weighted by atomic mass is 10.2. The molecule has 19 heavy (non-hydrogen) atoms. The lowest BCUT2D eigenvalue weighted by Gasteiger charge is -2.03. The fourth-order valence-electron chi connectivity index (χ4n) is 1.87. The molecule has 0 radical (unpaired) electrons. The number of nitrogens with zero attached hydrogens (tertiary/aromatic N) is 5. The van der Waals surface area contributed by atoms with Crippen LogP contribution in [0.4, 0.5) is 0 Å². The smallest absolute Gasteiger partial charge is 0.168 e. The second-order valence-electron chi connectivity index (χ2n) is 4.02. The van der Waals surface area contributed by atoms with Crippen LogP contribution < -0.4 is 0 Å². The first-order chi connectivity index (χ1) is 9.19. The molecule has 0 bridgehead atoms. The molecule has 0 aliphatic heterocycles. The zero-order valence-electron chi connectivity index (χ0n) is 10.0. The Morgan fingerprint density at radius 1 is 1.32 bits per heavy atom. The molecule has 0 spiro atoms. The molecule has 1 aromatic carbocycles. The highest BCUT2D eigenvalue weighted by Gasteiger charge is 2.11. The summed E-state index contributed by atoms with van der Waals surface area (Å²) in [6.07, 6.45) is 1.62. The Balaban J connectivity index is 2.28. The molecule has 0 atom stereocenters. The van der Waals surface area contributed by atoms with E-state index in [-0.39, 0.29) is 0 Å². The van der Waals surface area contributed by atoms with Crippen LogP contribution in [0.1, 0.15) is 11.4 Å². The Hall–Kier alpha value is -2.45. The molecule has 0 saturated heterocycles. The van der Waals surface area contributed by atoms with Gasteiger partial charge in [0, 0.05) is 0 Å². The number of fused-ring (bicyclic) bond motifs is 1. The van der Waals surface area contributed by atoms with Crippen molar-refractivity contribution >= 4 is 22.6 Å². The van der Waals surface area contributed by atoms with Crippen molar-refractivity contribution in [1.29, 1.82) is 5.26 Å². The minimum atomic E-state index is 0.380. The maximum absolute atomic E-state index is 8.93. The summed E-state index contributed by atoms with van der Waals surface area (Å²) in [6, 6.07) is 9.25. The van der Waals surface area contributed by atoms with Gasteiger partial charge in [0.2, 0.25) is 0 Å². The predicted octanol–water partition coefficient (Wildman–Crippen LogP) is 2.65. The number of hydrogen-bond acceptors (Lipinski definition) is 4. The topological polar surface area (TPSA) is 67.4 Å². The van der Waals surface area contributed by atoms with Crippen LogP contribution in [0.3, 0.4) is 0 Å². The zero-order valence-corrected chi connectivity index (χ0v) is 10.8. The van der Waals surface area contributed by atoms with Gasteiger partial charge in [-0.05, 0) is 25.1 Å². The molecule has 2 heterocycles. The monoisotopic (exact) mass is 269 g/mol. The van der Waals surface area contributed by atoms with Crippen LogP contribution in [-0.4, -0.2) is 19.7 Å². The van der Waals surface area contributed by atoms with Crippen LogP contribution in [0.2, 0.25) is 5.15 Å². The number of benzene rings is 1. The van der Waals surface area contributed by atoms with Gasteiger partial charge in [-0.25, -0.2) is 14.6 Å². The normalized spacial score (nSPS) is 10.6. The first-order valence-corrected chi connectivity index (χ1v) is 5.95. The van der Waals surface area contributed by atoms with Crippen molar-refractivity contribution in [3.8, 4) is 11.8 Å². The van der Waals surface area contributed by atoms with Crippen molar-refractivity contribution in [3.05, 3.63) is 47.0 Å². The van der Waals surface area contributed by atoms with E-state index < -0.39 is 0 Å². The van der Waals surface area contributed by atoms with E-state index in [9.17, 15) is 0 Å². The second-order valence-corrected chi connectivity index (χ2v) is 4.38. The van der Waals surface area contributed by atoms with Gasteiger partial charge in [-0.15, -0.1) is 0 Å². The first kappa shape index (κ1) is 11.6. The molecule has 0 aliphatic carbocycles. The highest BCUT2D eigenvalue weighted by Crippen LogP contribution is 2.22. The number of aromatic nitrogens is 4. The Morgan fingerprint density at radius 2 is 2.16 bits per heavy atom. The van der Waals surface area contributed by atoms with E-state index in [0.29, 0.717) is 27.6 Å². The maximum Gasteiger partial charge on any atom is 0.168 e. The van der Waals surface area contributed by atoms with Crippen LogP contribution in [0.25, 0.3) is 16.7 Å². The van der Waals surface area contributed by atoms with Gasteiger partial charge in [0.25, 0.3) is 0 Å². The number of hydrogen-bond donors (Lipinski definition) is 0. The summed E-state index contributed by atoms with van der Waals surface area (Å²) < 4.78 is 1.65. The fraction of sp³-hybridized carbons (Fsp3) is 0.0769. The first-order valence-electron chi connectivity index (χ1n) is 5.57. The number of nitriles is 1. The van der Waals surface area contributed by atoms with E-state index in [0.717, 1.165) is 5.69 Å². The van der Waals surface area contributed by atoms with Crippen LogP contribution in [-0.2, 0) is 0 Å². The summed E-state index contributed by atoms with van der Waals surface area (Å²) in [4.78, 5) is 8.44. The van der Waals surface area contributed by atoms with Crippen molar-refractivity contribution < 1.29 is 0 Å². The molecule has 3 aromatic rings.